The molecule has 8 nitrogen and oxygen atoms in total. The molecule has 0 amide bonds. The van der Waals surface area contributed by atoms with Crippen LogP contribution >= 0.6 is 24.7 Å². The van der Waals surface area contributed by atoms with Gasteiger partial charge in [0.2, 0.25) is 0 Å². The molecule has 0 fully saturated rings. The number of para-hydroxylation sites is 3. The fourth-order valence-corrected chi connectivity index (χ4v) is 8.27. The second kappa shape index (κ2) is 13.3. The summed E-state index contributed by atoms with van der Waals surface area (Å²) in [7, 11) is -2.12. The number of benzene rings is 3. The number of hydrogen-bond donors (Lipinski definition) is 1. The average Bonchev–Trinajstić information content (AvgIpc) is 2.87. The molecule has 0 heterocycles. The SMILES string of the molecule is COP(N=P(NP(OC)Oc1ccccc1C)(OC)Oc1ccccc1C)Oc1ccccc1C. The lowest BCUT2D eigenvalue weighted by Gasteiger charge is -2.28. The highest BCUT2D eigenvalue weighted by atomic mass is 31.3. The molecule has 1 N–H and O–H groups in total. The first-order valence-electron chi connectivity index (χ1n) is 10.8. The summed E-state index contributed by atoms with van der Waals surface area (Å²) < 4.78 is 40.6. The number of nitrogens with one attached hydrogen (secondary N) is 1. The van der Waals surface area contributed by atoms with Crippen LogP contribution in [-0.4, -0.2) is 21.3 Å². The van der Waals surface area contributed by atoms with Crippen molar-refractivity contribution >= 4 is 24.7 Å². The van der Waals surface area contributed by atoms with Gasteiger partial charge in [-0.1, -0.05) is 54.6 Å². The van der Waals surface area contributed by atoms with Crippen LogP contribution in [0.3, 0.4) is 0 Å². The zero-order valence-corrected chi connectivity index (χ0v) is 23.3. The summed E-state index contributed by atoms with van der Waals surface area (Å²) in [5, 5.41) is 0. The van der Waals surface area contributed by atoms with Crippen molar-refractivity contribution in [1.82, 2.24) is 4.86 Å². The van der Waals surface area contributed by atoms with Gasteiger partial charge in [0, 0.05) is 21.3 Å². The molecule has 0 aliphatic rings. The Labute approximate surface area is 210 Å². The van der Waals surface area contributed by atoms with E-state index in [4.69, 9.17) is 31.7 Å². The van der Waals surface area contributed by atoms with E-state index in [-0.39, 0.29) is 0 Å². The van der Waals surface area contributed by atoms with E-state index in [1.54, 1.807) is 7.11 Å². The predicted octanol–water partition coefficient (Wildman–Crippen LogP) is 8.08. The van der Waals surface area contributed by atoms with Crippen molar-refractivity contribution < 1.29 is 27.1 Å². The van der Waals surface area contributed by atoms with E-state index in [1.807, 2.05) is 93.6 Å². The molecule has 0 aliphatic carbocycles. The Morgan fingerprint density at radius 1 is 0.657 bits per heavy atom. The van der Waals surface area contributed by atoms with Gasteiger partial charge in [0.15, 0.2) is 0 Å². The summed E-state index contributed by atoms with van der Waals surface area (Å²) in [6.07, 6.45) is 0. The molecule has 188 valence electrons. The van der Waals surface area contributed by atoms with Crippen LogP contribution in [0, 0.1) is 20.8 Å². The molecule has 11 heteroatoms. The molecule has 0 aliphatic heterocycles. The van der Waals surface area contributed by atoms with Gasteiger partial charge < -0.3 is 27.1 Å². The molecule has 0 bridgehead atoms. The van der Waals surface area contributed by atoms with Crippen LogP contribution in [-0.2, 0) is 13.6 Å². The third-order valence-corrected chi connectivity index (χ3v) is 10.3. The largest absolute Gasteiger partial charge is 0.435 e. The highest BCUT2D eigenvalue weighted by Crippen LogP contribution is 2.61. The molecule has 3 atom stereocenters. The van der Waals surface area contributed by atoms with Crippen molar-refractivity contribution in [3.63, 3.8) is 0 Å². The normalized spacial score (nSPS) is 14.5. The fourth-order valence-electron chi connectivity index (χ4n) is 2.85. The maximum atomic E-state index is 6.41. The van der Waals surface area contributed by atoms with E-state index in [2.05, 4.69) is 4.86 Å². The molecule has 3 unspecified atom stereocenters. The van der Waals surface area contributed by atoms with Gasteiger partial charge in [-0.25, -0.2) is 0 Å². The van der Waals surface area contributed by atoms with Gasteiger partial charge in [-0.3, -0.25) is 0 Å². The third kappa shape index (κ3) is 7.73. The second-order valence-electron chi connectivity index (χ2n) is 7.32. The average molecular weight is 536 g/mol. The monoisotopic (exact) mass is 536 g/mol. The van der Waals surface area contributed by atoms with E-state index < -0.39 is 24.7 Å². The van der Waals surface area contributed by atoms with Gasteiger partial charge in [-0.05, 0) is 55.7 Å². The van der Waals surface area contributed by atoms with Crippen molar-refractivity contribution in [2.45, 2.75) is 20.8 Å². The Morgan fingerprint density at radius 2 is 1.14 bits per heavy atom. The zero-order valence-electron chi connectivity index (χ0n) is 20.7. The van der Waals surface area contributed by atoms with Crippen LogP contribution in [0.25, 0.3) is 0 Å². The molecule has 35 heavy (non-hydrogen) atoms. The first kappa shape index (κ1) is 27.6. The van der Waals surface area contributed by atoms with Gasteiger partial charge in [-0.2, -0.15) is 0 Å². The van der Waals surface area contributed by atoms with Gasteiger partial charge in [-0.15, -0.1) is 9.37 Å². The molecule has 3 rings (SSSR count). The molecular formula is C24H31N2O6P3. The minimum Gasteiger partial charge on any atom is -0.435 e. The van der Waals surface area contributed by atoms with Gasteiger partial charge in [0.25, 0.3) is 0 Å². The lowest BCUT2D eigenvalue weighted by atomic mass is 10.2. The molecule has 0 spiro atoms. The first-order chi connectivity index (χ1) is 16.9. The van der Waals surface area contributed by atoms with Crippen molar-refractivity contribution in [1.29, 1.82) is 0 Å². The van der Waals surface area contributed by atoms with E-state index in [9.17, 15) is 0 Å². The summed E-state index contributed by atoms with van der Waals surface area (Å²) in [5.74, 6) is 1.96. The summed E-state index contributed by atoms with van der Waals surface area (Å²) in [6, 6.07) is 23.0. The van der Waals surface area contributed by atoms with Crippen LogP contribution < -0.4 is 18.4 Å². The molecule has 3 aromatic carbocycles. The van der Waals surface area contributed by atoms with Crippen LogP contribution in [0.1, 0.15) is 16.7 Å². The number of rotatable bonds is 12. The van der Waals surface area contributed by atoms with Crippen LogP contribution in [0.15, 0.2) is 77.3 Å². The van der Waals surface area contributed by atoms with Gasteiger partial charge in [0.05, 0.1) is 0 Å². The lowest BCUT2D eigenvalue weighted by Crippen LogP contribution is -2.15. The van der Waals surface area contributed by atoms with Gasteiger partial charge in [0.1, 0.15) is 17.2 Å². The number of aryl methyl sites for hydroxylation is 3. The third-order valence-electron chi connectivity index (χ3n) is 4.83. The van der Waals surface area contributed by atoms with Crippen molar-refractivity contribution in [3.8, 4) is 17.2 Å². The Bertz CT molecular complexity index is 1160. The van der Waals surface area contributed by atoms with Crippen molar-refractivity contribution in [2.75, 3.05) is 21.3 Å². The number of nitrogens with zero attached hydrogens (tertiary/aromatic N) is 1. The van der Waals surface area contributed by atoms with Crippen LogP contribution in [0.2, 0.25) is 0 Å². The topological polar surface area (TPSA) is 79.8 Å². The van der Waals surface area contributed by atoms with Crippen molar-refractivity contribution in [2.24, 2.45) is 4.52 Å². The summed E-state index contributed by atoms with van der Waals surface area (Å²) in [4.78, 5) is 3.26. The van der Waals surface area contributed by atoms with Gasteiger partial charge >= 0.3 is 24.7 Å². The minimum absolute atomic E-state index is 0.614. The minimum atomic E-state index is -3.24. The maximum Gasteiger partial charge on any atom is 0.377 e. The molecular weight excluding hydrogens is 505 g/mol. The molecule has 0 aromatic heterocycles. The van der Waals surface area contributed by atoms with E-state index in [0.29, 0.717) is 17.2 Å². The van der Waals surface area contributed by atoms with E-state index >= 15 is 0 Å². The maximum absolute atomic E-state index is 6.41. The summed E-state index contributed by atoms with van der Waals surface area (Å²) in [5.41, 5.74) is 2.86. The summed E-state index contributed by atoms with van der Waals surface area (Å²) >= 11 is 0. The second-order valence-corrected chi connectivity index (χ2v) is 12.5. The highest BCUT2D eigenvalue weighted by molar-refractivity contribution is 7.70. The zero-order chi connectivity index (χ0) is 25.3. The Morgan fingerprint density at radius 3 is 1.60 bits per heavy atom. The number of hydrogen-bond acceptors (Lipinski definition) is 7. The molecule has 3 aromatic rings. The predicted molar refractivity (Wildman–Crippen MR) is 143 cm³/mol. The lowest BCUT2D eigenvalue weighted by molar-refractivity contribution is 0.357. The Balaban J connectivity index is 1.99. The van der Waals surface area contributed by atoms with E-state index in [0.717, 1.165) is 16.7 Å². The molecule has 0 saturated heterocycles. The van der Waals surface area contributed by atoms with Crippen molar-refractivity contribution in [3.05, 3.63) is 89.5 Å². The smallest absolute Gasteiger partial charge is 0.377 e. The van der Waals surface area contributed by atoms with Crippen LogP contribution in [0.5, 0.6) is 17.2 Å². The standard InChI is InChI=1S/C24H31N2O6P3/c1-19-13-7-10-16-22(19)30-33(27-4)25-35(29-6,32-24-18-12-9-15-21(24)3)26-34(28-5)31-23-17-11-8-14-20(23)2/h7-18,25H,1-6H3. The Kier molecular flexibility index (Phi) is 10.5. The first-order valence-corrected chi connectivity index (χ1v) is 14.6. The van der Waals surface area contributed by atoms with E-state index in [1.165, 1.54) is 14.2 Å². The van der Waals surface area contributed by atoms with Crippen LogP contribution in [0.4, 0.5) is 0 Å². The fraction of sp³-hybridized carbons (Fsp3) is 0.250. The molecule has 0 radical (unpaired) electrons. The molecule has 0 saturated carbocycles. The Hall–Kier alpha value is -2.01. The summed E-state index contributed by atoms with van der Waals surface area (Å²) in [6.45, 7) is 5.87. The quantitative estimate of drug-likeness (QED) is 0.235. The highest BCUT2D eigenvalue weighted by Gasteiger charge is 2.33.